The molecule has 0 fully saturated rings. The predicted octanol–water partition coefficient (Wildman–Crippen LogP) is 5.66. The van der Waals surface area contributed by atoms with Gasteiger partial charge in [0.2, 0.25) is 0 Å². The molecule has 0 aliphatic rings. The number of aryl methyl sites for hydroxylation is 3. The zero-order chi connectivity index (χ0) is 21.5. The van der Waals surface area contributed by atoms with Gasteiger partial charge < -0.3 is 4.74 Å². The van der Waals surface area contributed by atoms with Gasteiger partial charge in [0, 0.05) is 30.6 Å². The zero-order valence-corrected chi connectivity index (χ0v) is 18.7. The van der Waals surface area contributed by atoms with E-state index in [9.17, 15) is 4.79 Å². The molecule has 0 bridgehead atoms. The van der Waals surface area contributed by atoms with Crippen LogP contribution in [-0.2, 0) is 22.4 Å². The Morgan fingerprint density at radius 1 is 1.00 bits per heavy atom. The lowest BCUT2D eigenvalue weighted by atomic mass is 10.1. The number of imidazole rings is 1. The summed E-state index contributed by atoms with van der Waals surface area (Å²) in [5.74, 6) is 0.984. The molecule has 0 aliphatic carbocycles. The summed E-state index contributed by atoms with van der Waals surface area (Å²) < 4.78 is 7.60. The van der Waals surface area contributed by atoms with Gasteiger partial charge in [-0.25, -0.2) is 4.98 Å². The summed E-state index contributed by atoms with van der Waals surface area (Å²) in [6.07, 6.45) is 6.33. The SMILES string of the molecule is CCCCC(=O)OCCc1ccc(-n2c(CCCC)nc3c(C)nc(C)cc32)cc1. The maximum Gasteiger partial charge on any atom is 0.305 e. The van der Waals surface area contributed by atoms with Crippen LogP contribution in [0.5, 0.6) is 0 Å². The van der Waals surface area contributed by atoms with E-state index in [-0.39, 0.29) is 5.97 Å². The number of ether oxygens (including phenoxy) is 1. The predicted molar refractivity (Wildman–Crippen MR) is 121 cm³/mol. The number of benzene rings is 1. The lowest BCUT2D eigenvalue weighted by molar-refractivity contribution is -0.143. The van der Waals surface area contributed by atoms with Crippen LogP contribution in [0.15, 0.2) is 30.3 Å². The highest BCUT2D eigenvalue weighted by atomic mass is 16.5. The number of carbonyl (C=O) groups excluding carboxylic acids is 1. The summed E-state index contributed by atoms with van der Waals surface area (Å²) in [5, 5.41) is 0. The van der Waals surface area contributed by atoms with Crippen molar-refractivity contribution in [2.45, 2.75) is 72.6 Å². The van der Waals surface area contributed by atoms with Gasteiger partial charge in [0.25, 0.3) is 0 Å². The second kappa shape index (κ2) is 10.4. The van der Waals surface area contributed by atoms with Crippen molar-refractivity contribution in [1.82, 2.24) is 14.5 Å². The van der Waals surface area contributed by atoms with Crippen LogP contribution in [-0.4, -0.2) is 27.1 Å². The Kier molecular flexibility index (Phi) is 7.61. The number of rotatable bonds is 10. The van der Waals surface area contributed by atoms with Crippen molar-refractivity contribution in [1.29, 1.82) is 0 Å². The van der Waals surface area contributed by atoms with E-state index in [1.807, 2.05) is 13.8 Å². The summed E-state index contributed by atoms with van der Waals surface area (Å²) >= 11 is 0. The Labute approximate surface area is 179 Å². The smallest absolute Gasteiger partial charge is 0.305 e. The van der Waals surface area contributed by atoms with Crippen LogP contribution in [0.4, 0.5) is 0 Å². The average molecular weight is 408 g/mol. The largest absolute Gasteiger partial charge is 0.465 e. The second-order valence-electron chi connectivity index (χ2n) is 7.92. The minimum atomic E-state index is -0.0988. The highest BCUT2D eigenvalue weighted by molar-refractivity contribution is 5.80. The number of fused-ring (bicyclic) bond motifs is 1. The van der Waals surface area contributed by atoms with E-state index in [1.165, 1.54) is 0 Å². The molecule has 0 unspecified atom stereocenters. The molecule has 0 saturated carbocycles. The monoisotopic (exact) mass is 407 g/mol. The molecule has 0 N–H and O–H groups in total. The summed E-state index contributed by atoms with van der Waals surface area (Å²) in [5.41, 5.74) is 6.35. The Bertz CT molecular complexity index is 990. The van der Waals surface area contributed by atoms with Gasteiger partial charge in [-0.15, -0.1) is 0 Å². The van der Waals surface area contributed by atoms with E-state index >= 15 is 0 Å². The number of aromatic nitrogens is 3. The molecule has 3 aromatic rings. The molecule has 0 aliphatic heterocycles. The number of nitrogens with zero attached hydrogens (tertiary/aromatic N) is 3. The standard InChI is InChI=1S/C25H33N3O2/c1-5-7-9-23-27-25-19(4)26-18(3)17-22(25)28(23)21-13-11-20(12-14-21)15-16-30-24(29)10-8-6-2/h11-14,17H,5-10,15-16H2,1-4H3. The first-order valence-electron chi connectivity index (χ1n) is 11.1. The summed E-state index contributed by atoms with van der Waals surface area (Å²) in [4.78, 5) is 21.2. The van der Waals surface area contributed by atoms with Crippen LogP contribution in [0, 0.1) is 13.8 Å². The first-order valence-corrected chi connectivity index (χ1v) is 11.1. The van der Waals surface area contributed by atoms with Crippen molar-refractivity contribution in [2.24, 2.45) is 0 Å². The van der Waals surface area contributed by atoms with Crippen LogP contribution in [0.25, 0.3) is 16.7 Å². The molecule has 2 heterocycles. The van der Waals surface area contributed by atoms with E-state index in [2.05, 4.69) is 53.7 Å². The molecular weight excluding hydrogens is 374 g/mol. The third kappa shape index (κ3) is 5.26. The molecule has 0 amide bonds. The van der Waals surface area contributed by atoms with Gasteiger partial charge in [0.1, 0.15) is 11.3 Å². The fourth-order valence-corrected chi connectivity index (χ4v) is 3.71. The molecule has 5 nitrogen and oxygen atoms in total. The first-order chi connectivity index (χ1) is 14.5. The van der Waals surface area contributed by atoms with Gasteiger partial charge in [-0.05, 0) is 50.5 Å². The van der Waals surface area contributed by atoms with E-state index in [1.54, 1.807) is 0 Å². The van der Waals surface area contributed by atoms with E-state index in [0.717, 1.165) is 78.0 Å². The second-order valence-corrected chi connectivity index (χ2v) is 7.92. The van der Waals surface area contributed by atoms with Gasteiger partial charge in [-0.3, -0.25) is 14.3 Å². The number of carbonyl (C=O) groups is 1. The lowest BCUT2D eigenvalue weighted by Gasteiger charge is -2.11. The molecule has 1 aromatic carbocycles. The van der Waals surface area contributed by atoms with Crippen molar-refractivity contribution in [3.05, 3.63) is 53.1 Å². The van der Waals surface area contributed by atoms with Gasteiger partial charge in [0.15, 0.2) is 0 Å². The topological polar surface area (TPSA) is 57.0 Å². The Morgan fingerprint density at radius 3 is 2.43 bits per heavy atom. The van der Waals surface area contributed by atoms with Gasteiger partial charge >= 0.3 is 5.97 Å². The summed E-state index contributed by atoms with van der Waals surface area (Å²) in [7, 11) is 0. The van der Waals surface area contributed by atoms with Crippen molar-refractivity contribution in [2.75, 3.05) is 6.61 Å². The molecule has 0 spiro atoms. The molecule has 0 atom stereocenters. The summed E-state index contributed by atoms with van der Waals surface area (Å²) in [6.45, 7) is 8.77. The Hall–Kier alpha value is -2.69. The van der Waals surface area contributed by atoms with Crippen molar-refractivity contribution in [3.63, 3.8) is 0 Å². The minimum Gasteiger partial charge on any atom is -0.465 e. The lowest BCUT2D eigenvalue weighted by Crippen LogP contribution is -2.07. The van der Waals surface area contributed by atoms with Crippen LogP contribution >= 0.6 is 0 Å². The van der Waals surface area contributed by atoms with Crippen molar-refractivity contribution in [3.8, 4) is 5.69 Å². The van der Waals surface area contributed by atoms with Crippen LogP contribution < -0.4 is 0 Å². The molecular formula is C25H33N3O2. The molecule has 160 valence electrons. The van der Waals surface area contributed by atoms with Crippen molar-refractivity contribution >= 4 is 17.0 Å². The number of esters is 1. The van der Waals surface area contributed by atoms with Crippen molar-refractivity contribution < 1.29 is 9.53 Å². The van der Waals surface area contributed by atoms with E-state index in [0.29, 0.717) is 13.0 Å². The Morgan fingerprint density at radius 2 is 1.73 bits per heavy atom. The fraction of sp³-hybridized carbons (Fsp3) is 0.480. The maximum atomic E-state index is 11.7. The highest BCUT2D eigenvalue weighted by Crippen LogP contribution is 2.25. The number of hydrogen-bond acceptors (Lipinski definition) is 4. The minimum absolute atomic E-state index is 0.0988. The number of hydrogen-bond donors (Lipinski definition) is 0. The normalized spacial score (nSPS) is 11.2. The zero-order valence-electron chi connectivity index (χ0n) is 18.7. The van der Waals surface area contributed by atoms with Gasteiger partial charge in [0.05, 0.1) is 17.8 Å². The van der Waals surface area contributed by atoms with E-state index in [4.69, 9.17) is 9.72 Å². The molecule has 0 radical (unpaired) electrons. The maximum absolute atomic E-state index is 11.7. The van der Waals surface area contributed by atoms with E-state index < -0.39 is 0 Å². The van der Waals surface area contributed by atoms with Crippen LogP contribution in [0.2, 0.25) is 0 Å². The average Bonchev–Trinajstić information content (AvgIpc) is 3.09. The molecule has 5 heteroatoms. The third-order valence-electron chi connectivity index (χ3n) is 5.35. The molecule has 30 heavy (non-hydrogen) atoms. The van der Waals surface area contributed by atoms with Gasteiger partial charge in [-0.2, -0.15) is 0 Å². The molecule has 3 rings (SSSR count). The number of unbranched alkanes of at least 4 members (excludes halogenated alkanes) is 2. The highest BCUT2D eigenvalue weighted by Gasteiger charge is 2.15. The van der Waals surface area contributed by atoms with Crippen LogP contribution in [0.1, 0.15) is 68.7 Å². The number of pyridine rings is 1. The van der Waals surface area contributed by atoms with Gasteiger partial charge in [-0.1, -0.05) is 38.8 Å². The molecule has 2 aromatic heterocycles. The first kappa shape index (κ1) is 22.0. The quantitative estimate of drug-likeness (QED) is 0.407. The third-order valence-corrected chi connectivity index (χ3v) is 5.35. The summed E-state index contributed by atoms with van der Waals surface area (Å²) in [6, 6.07) is 10.6. The molecule has 0 saturated heterocycles. The Balaban J connectivity index is 1.80. The van der Waals surface area contributed by atoms with Crippen LogP contribution in [0.3, 0.4) is 0 Å². The fourth-order valence-electron chi connectivity index (χ4n) is 3.71.